The van der Waals surface area contributed by atoms with Crippen molar-refractivity contribution in [3.8, 4) is 16.8 Å². The van der Waals surface area contributed by atoms with Crippen LogP contribution in [-0.2, 0) is 0 Å². The van der Waals surface area contributed by atoms with Crippen molar-refractivity contribution in [2.45, 2.75) is 6.92 Å². The van der Waals surface area contributed by atoms with E-state index in [-0.39, 0.29) is 0 Å². The molecule has 0 aliphatic heterocycles. The first-order valence-corrected chi connectivity index (χ1v) is 13.3. The lowest BCUT2D eigenvalue weighted by Crippen LogP contribution is -1.94. The van der Waals surface area contributed by atoms with E-state index in [1.165, 1.54) is 71.3 Å². The minimum absolute atomic E-state index is 1.18. The second kappa shape index (κ2) is 9.34. The average Bonchev–Trinajstić information content (AvgIpc) is 3.34. The van der Waals surface area contributed by atoms with Gasteiger partial charge in [-0.15, -0.1) is 0 Å². The lowest BCUT2D eigenvalue weighted by Gasteiger charge is -2.11. The molecule has 1 aromatic heterocycles. The van der Waals surface area contributed by atoms with Crippen molar-refractivity contribution in [2.24, 2.45) is 5.73 Å². The molecule has 0 spiro atoms. The topological polar surface area (TPSA) is 30.9 Å². The van der Waals surface area contributed by atoms with Crippen molar-refractivity contribution < 1.29 is 0 Å². The number of nitrogens with two attached hydrogens (primary N) is 1. The van der Waals surface area contributed by atoms with Crippen LogP contribution < -0.4 is 5.73 Å². The van der Waals surface area contributed by atoms with Gasteiger partial charge in [0, 0.05) is 21.8 Å². The first-order chi connectivity index (χ1) is 19.2. The Morgan fingerprint density at radius 3 is 2.15 bits per heavy atom. The van der Waals surface area contributed by atoms with Gasteiger partial charge >= 0.3 is 0 Å². The van der Waals surface area contributed by atoms with Gasteiger partial charge in [-0.2, -0.15) is 0 Å². The summed E-state index contributed by atoms with van der Waals surface area (Å²) in [6.45, 7) is 2.11. The van der Waals surface area contributed by atoms with E-state index in [1.807, 2.05) is 12.2 Å². The van der Waals surface area contributed by atoms with Gasteiger partial charge in [0.15, 0.2) is 0 Å². The Bertz CT molecular complexity index is 2070. The Morgan fingerprint density at radius 1 is 0.615 bits per heavy atom. The van der Waals surface area contributed by atoms with Crippen molar-refractivity contribution in [1.29, 1.82) is 0 Å². The molecule has 2 heteroatoms. The Labute approximate surface area is 227 Å². The van der Waals surface area contributed by atoms with Crippen LogP contribution in [0, 0.1) is 0 Å². The number of hydrogen-bond acceptors (Lipinski definition) is 1. The Kier molecular flexibility index (Phi) is 5.53. The van der Waals surface area contributed by atoms with Gasteiger partial charge in [0.2, 0.25) is 0 Å². The van der Waals surface area contributed by atoms with Gasteiger partial charge in [-0.25, -0.2) is 0 Å². The zero-order chi connectivity index (χ0) is 26.3. The summed E-state index contributed by atoms with van der Waals surface area (Å²) in [6.07, 6.45) is 5.48. The van der Waals surface area contributed by atoms with Gasteiger partial charge < -0.3 is 10.3 Å². The van der Waals surface area contributed by atoms with E-state index in [9.17, 15) is 0 Å². The molecule has 7 aromatic rings. The summed E-state index contributed by atoms with van der Waals surface area (Å²) in [4.78, 5) is 0. The molecule has 0 aliphatic rings. The molecule has 1 heterocycles. The predicted octanol–water partition coefficient (Wildman–Crippen LogP) is 9.63. The summed E-state index contributed by atoms with van der Waals surface area (Å²) in [7, 11) is 0. The van der Waals surface area contributed by atoms with Crippen LogP contribution in [0.2, 0.25) is 0 Å². The first kappa shape index (κ1) is 23.1. The third kappa shape index (κ3) is 3.89. The smallest absolute Gasteiger partial charge is 0.0619 e. The summed E-state index contributed by atoms with van der Waals surface area (Å²) < 4.78 is 2.40. The van der Waals surface area contributed by atoms with Crippen LogP contribution in [0.4, 0.5) is 0 Å². The Morgan fingerprint density at radius 2 is 1.31 bits per heavy atom. The highest BCUT2D eigenvalue weighted by Gasteiger charge is 2.15. The van der Waals surface area contributed by atoms with Crippen LogP contribution >= 0.6 is 0 Å². The average molecular weight is 501 g/mol. The van der Waals surface area contributed by atoms with E-state index in [1.54, 1.807) is 6.20 Å². The SMILES string of the molecule is C/C(=C\C=C/N)c1ccc2ccc(-c3ccc4c(ccc5c6ccccc6n(-c6ccccc6)c45)c3)cc2c1. The molecule has 7 rings (SSSR count). The van der Waals surface area contributed by atoms with Crippen LogP contribution in [0.15, 0.2) is 140 Å². The monoisotopic (exact) mass is 500 g/mol. The number of benzene rings is 6. The van der Waals surface area contributed by atoms with Crippen molar-refractivity contribution >= 4 is 48.9 Å². The summed E-state index contributed by atoms with van der Waals surface area (Å²) in [6, 6.07) is 44.1. The maximum atomic E-state index is 5.53. The van der Waals surface area contributed by atoms with E-state index >= 15 is 0 Å². The Balaban J connectivity index is 1.40. The van der Waals surface area contributed by atoms with Crippen molar-refractivity contribution in [3.63, 3.8) is 0 Å². The van der Waals surface area contributed by atoms with Crippen LogP contribution in [0.1, 0.15) is 12.5 Å². The summed E-state index contributed by atoms with van der Waals surface area (Å²) in [5.41, 5.74) is 14.0. The summed E-state index contributed by atoms with van der Waals surface area (Å²) in [5.74, 6) is 0. The fraction of sp³-hybridized carbons (Fsp3) is 0.0270. The minimum atomic E-state index is 1.18. The molecule has 0 saturated heterocycles. The molecule has 6 aromatic carbocycles. The molecule has 2 N–H and O–H groups in total. The zero-order valence-corrected chi connectivity index (χ0v) is 21.8. The van der Waals surface area contributed by atoms with Gasteiger partial charge in [-0.1, -0.05) is 91.0 Å². The van der Waals surface area contributed by atoms with Crippen molar-refractivity contribution in [1.82, 2.24) is 4.57 Å². The molecule has 0 bridgehead atoms. The third-order valence-electron chi connectivity index (χ3n) is 7.75. The number of hydrogen-bond donors (Lipinski definition) is 1. The van der Waals surface area contributed by atoms with Crippen LogP contribution in [0.5, 0.6) is 0 Å². The van der Waals surface area contributed by atoms with Gasteiger partial charge in [0.1, 0.15) is 0 Å². The first-order valence-electron chi connectivity index (χ1n) is 13.3. The molecule has 0 saturated carbocycles. The molecule has 0 fully saturated rings. The minimum Gasteiger partial charge on any atom is -0.405 e. The van der Waals surface area contributed by atoms with Crippen LogP contribution in [0.3, 0.4) is 0 Å². The van der Waals surface area contributed by atoms with Crippen molar-refractivity contribution in [3.05, 3.63) is 145 Å². The Hall–Kier alpha value is -5.08. The zero-order valence-electron chi connectivity index (χ0n) is 21.8. The number of nitrogens with zero attached hydrogens (tertiary/aromatic N) is 1. The molecule has 186 valence electrons. The molecule has 0 unspecified atom stereocenters. The van der Waals surface area contributed by atoms with E-state index in [0.717, 1.165) is 0 Å². The van der Waals surface area contributed by atoms with E-state index in [4.69, 9.17) is 5.73 Å². The highest BCUT2D eigenvalue weighted by molar-refractivity contribution is 6.19. The summed E-state index contributed by atoms with van der Waals surface area (Å²) in [5, 5.41) is 7.52. The standard InChI is InChI=1S/C37H28N2/c1-25(8-7-21-38)27-15-13-26-14-16-28(24-31(26)22-27)29-17-19-33-30(23-29)18-20-35-34-11-5-6-12-36(34)39(37(33)35)32-9-3-2-4-10-32/h2-24H,38H2,1H3/b21-7-,25-8+. The number of allylic oxidation sites excluding steroid dienone is 3. The molecular weight excluding hydrogens is 472 g/mol. The lowest BCUT2D eigenvalue weighted by atomic mass is 9.96. The molecular formula is C37H28N2. The number of rotatable bonds is 4. The second-order valence-electron chi connectivity index (χ2n) is 10.1. The normalized spacial score (nSPS) is 12.4. The van der Waals surface area contributed by atoms with Gasteiger partial charge in [0.05, 0.1) is 11.0 Å². The second-order valence-corrected chi connectivity index (χ2v) is 10.1. The molecule has 0 aliphatic carbocycles. The molecule has 2 nitrogen and oxygen atoms in total. The number of aromatic nitrogens is 1. The molecule has 0 radical (unpaired) electrons. The third-order valence-corrected chi connectivity index (χ3v) is 7.75. The number of fused-ring (bicyclic) bond motifs is 6. The molecule has 0 atom stereocenters. The maximum Gasteiger partial charge on any atom is 0.0619 e. The number of para-hydroxylation sites is 2. The van der Waals surface area contributed by atoms with Gasteiger partial charge in [-0.05, 0) is 94.0 Å². The van der Waals surface area contributed by atoms with E-state index in [0.29, 0.717) is 0 Å². The molecule has 39 heavy (non-hydrogen) atoms. The van der Waals surface area contributed by atoms with E-state index in [2.05, 4.69) is 133 Å². The lowest BCUT2D eigenvalue weighted by molar-refractivity contribution is 1.19. The highest BCUT2D eigenvalue weighted by atomic mass is 15.0. The fourth-order valence-electron chi connectivity index (χ4n) is 5.78. The largest absolute Gasteiger partial charge is 0.405 e. The van der Waals surface area contributed by atoms with Crippen LogP contribution in [0.25, 0.3) is 65.7 Å². The van der Waals surface area contributed by atoms with Crippen LogP contribution in [-0.4, -0.2) is 4.57 Å². The van der Waals surface area contributed by atoms with Gasteiger partial charge in [-0.3, -0.25) is 0 Å². The van der Waals surface area contributed by atoms with Crippen molar-refractivity contribution in [2.75, 3.05) is 0 Å². The van der Waals surface area contributed by atoms with Gasteiger partial charge in [0.25, 0.3) is 0 Å². The highest BCUT2D eigenvalue weighted by Crippen LogP contribution is 2.38. The van der Waals surface area contributed by atoms with E-state index < -0.39 is 0 Å². The fourth-order valence-corrected chi connectivity index (χ4v) is 5.78. The quantitative estimate of drug-likeness (QED) is 0.240. The maximum absolute atomic E-state index is 5.53. The molecule has 0 amide bonds. The summed E-state index contributed by atoms with van der Waals surface area (Å²) >= 11 is 0. The predicted molar refractivity (Wildman–Crippen MR) is 168 cm³/mol.